The Morgan fingerprint density at radius 2 is 2.00 bits per heavy atom. The Morgan fingerprint density at radius 1 is 1.28 bits per heavy atom. The SMILES string of the molecule is CCCCNCCCOc1ccccc1C(=O)O. The highest BCUT2D eigenvalue weighted by Gasteiger charge is 2.09. The van der Waals surface area contributed by atoms with Gasteiger partial charge in [-0.2, -0.15) is 0 Å². The summed E-state index contributed by atoms with van der Waals surface area (Å²) in [5.41, 5.74) is 0.219. The molecule has 1 aromatic carbocycles. The average Bonchev–Trinajstić information content (AvgIpc) is 2.38. The molecule has 1 aromatic rings. The van der Waals surface area contributed by atoms with E-state index in [1.165, 1.54) is 12.8 Å². The van der Waals surface area contributed by atoms with Crippen molar-refractivity contribution in [1.82, 2.24) is 5.32 Å². The molecule has 0 radical (unpaired) electrons. The van der Waals surface area contributed by atoms with Crippen LogP contribution in [0.2, 0.25) is 0 Å². The van der Waals surface area contributed by atoms with Crippen molar-refractivity contribution in [1.29, 1.82) is 0 Å². The van der Waals surface area contributed by atoms with Crippen molar-refractivity contribution in [3.63, 3.8) is 0 Å². The van der Waals surface area contributed by atoms with E-state index >= 15 is 0 Å². The van der Waals surface area contributed by atoms with Crippen molar-refractivity contribution >= 4 is 5.97 Å². The van der Waals surface area contributed by atoms with E-state index in [1.54, 1.807) is 24.3 Å². The van der Waals surface area contributed by atoms with Gasteiger partial charge in [0, 0.05) is 0 Å². The maximum atomic E-state index is 10.9. The van der Waals surface area contributed by atoms with Gasteiger partial charge in [0.2, 0.25) is 0 Å². The molecule has 100 valence electrons. The minimum atomic E-state index is -0.952. The number of aromatic carboxylic acids is 1. The Morgan fingerprint density at radius 3 is 2.72 bits per heavy atom. The highest BCUT2D eigenvalue weighted by atomic mass is 16.5. The van der Waals surface area contributed by atoms with Gasteiger partial charge in [-0.25, -0.2) is 4.79 Å². The Hall–Kier alpha value is -1.55. The van der Waals surface area contributed by atoms with Gasteiger partial charge in [0.15, 0.2) is 0 Å². The van der Waals surface area contributed by atoms with Crippen molar-refractivity contribution in [3.8, 4) is 5.75 Å². The number of benzene rings is 1. The first-order valence-corrected chi connectivity index (χ1v) is 6.41. The number of nitrogens with one attached hydrogen (secondary N) is 1. The first kappa shape index (κ1) is 14.5. The summed E-state index contributed by atoms with van der Waals surface area (Å²) in [6.45, 7) is 4.62. The molecule has 1 rings (SSSR count). The van der Waals surface area contributed by atoms with E-state index < -0.39 is 5.97 Å². The van der Waals surface area contributed by atoms with Crippen molar-refractivity contribution in [3.05, 3.63) is 29.8 Å². The fraction of sp³-hybridized carbons (Fsp3) is 0.500. The minimum Gasteiger partial charge on any atom is -0.493 e. The molecule has 0 spiro atoms. The van der Waals surface area contributed by atoms with E-state index in [0.29, 0.717) is 12.4 Å². The molecule has 2 N–H and O–H groups in total. The molecule has 0 saturated carbocycles. The van der Waals surface area contributed by atoms with Crippen LogP contribution in [0.5, 0.6) is 5.75 Å². The van der Waals surface area contributed by atoms with E-state index in [9.17, 15) is 4.79 Å². The second-order valence-electron chi connectivity index (χ2n) is 4.11. The smallest absolute Gasteiger partial charge is 0.339 e. The van der Waals surface area contributed by atoms with Gasteiger partial charge in [0.1, 0.15) is 11.3 Å². The lowest BCUT2D eigenvalue weighted by molar-refractivity contribution is 0.0692. The molecule has 0 unspecified atom stereocenters. The predicted octanol–water partition coefficient (Wildman–Crippen LogP) is 2.54. The number of carboxylic acids is 1. The Balaban J connectivity index is 2.25. The predicted molar refractivity (Wildman–Crippen MR) is 71.3 cm³/mol. The molecule has 0 heterocycles. The lowest BCUT2D eigenvalue weighted by atomic mass is 10.2. The number of hydrogen-bond donors (Lipinski definition) is 2. The normalized spacial score (nSPS) is 10.3. The van der Waals surface area contributed by atoms with Gasteiger partial charge >= 0.3 is 5.97 Å². The second kappa shape index (κ2) is 8.53. The van der Waals surface area contributed by atoms with Gasteiger partial charge in [-0.3, -0.25) is 0 Å². The Kier molecular flexibility index (Phi) is 6.87. The lowest BCUT2D eigenvalue weighted by Gasteiger charge is -2.09. The molecule has 0 aliphatic rings. The van der Waals surface area contributed by atoms with Crippen LogP contribution in [-0.2, 0) is 0 Å². The summed E-state index contributed by atoms with van der Waals surface area (Å²) in [6.07, 6.45) is 3.25. The highest BCUT2D eigenvalue weighted by molar-refractivity contribution is 5.90. The van der Waals surface area contributed by atoms with Crippen LogP contribution in [0.1, 0.15) is 36.5 Å². The van der Waals surface area contributed by atoms with Crippen LogP contribution in [0, 0.1) is 0 Å². The summed E-state index contributed by atoms with van der Waals surface area (Å²) in [5, 5.41) is 12.3. The molecule has 0 aromatic heterocycles. The zero-order chi connectivity index (χ0) is 13.2. The van der Waals surface area contributed by atoms with Gasteiger partial charge in [-0.1, -0.05) is 25.5 Å². The Bertz CT molecular complexity index is 366. The molecule has 0 atom stereocenters. The van der Waals surface area contributed by atoms with Crippen molar-refractivity contribution in [2.24, 2.45) is 0 Å². The fourth-order valence-corrected chi connectivity index (χ4v) is 1.58. The van der Waals surface area contributed by atoms with Crippen LogP contribution >= 0.6 is 0 Å². The molecule has 0 aliphatic carbocycles. The molecule has 0 amide bonds. The summed E-state index contributed by atoms with van der Waals surface area (Å²) >= 11 is 0. The Labute approximate surface area is 108 Å². The number of unbranched alkanes of at least 4 members (excludes halogenated alkanes) is 1. The number of ether oxygens (including phenoxy) is 1. The number of hydrogen-bond acceptors (Lipinski definition) is 3. The highest BCUT2D eigenvalue weighted by Crippen LogP contribution is 2.17. The molecule has 0 aliphatic heterocycles. The third-order valence-electron chi connectivity index (χ3n) is 2.58. The minimum absolute atomic E-state index is 0.219. The summed E-state index contributed by atoms with van der Waals surface area (Å²) in [5.74, 6) is -0.509. The van der Waals surface area contributed by atoms with Gasteiger partial charge in [-0.15, -0.1) is 0 Å². The largest absolute Gasteiger partial charge is 0.493 e. The molecular weight excluding hydrogens is 230 g/mol. The third kappa shape index (κ3) is 5.19. The summed E-state index contributed by atoms with van der Waals surface area (Å²) < 4.78 is 5.48. The van der Waals surface area contributed by atoms with Crippen LogP contribution < -0.4 is 10.1 Å². The fourth-order valence-electron chi connectivity index (χ4n) is 1.58. The van der Waals surface area contributed by atoms with Crippen LogP contribution in [0.3, 0.4) is 0 Å². The first-order valence-electron chi connectivity index (χ1n) is 6.41. The van der Waals surface area contributed by atoms with E-state index in [-0.39, 0.29) is 5.56 Å². The van der Waals surface area contributed by atoms with Crippen LogP contribution in [-0.4, -0.2) is 30.8 Å². The van der Waals surface area contributed by atoms with Crippen molar-refractivity contribution in [2.75, 3.05) is 19.7 Å². The van der Waals surface area contributed by atoms with Crippen LogP contribution in [0.4, 0.5) is 0 Å². The van der Waals surface area contributed by atoms with E-state index in [1.807, 2.05) is 0 Å². The standard InChI is InChI=1S/C14H21NO3/c1-2-3-9-15-10-6-11-18-13-8-5-4-7-12(13)14(16)17/h4-5,7-8,15H,2-3,6,9-11H2,1H3,(H,16,17). The molecule has 0 fully saturated rings. The molecule has 4 nitrogen and oxygen atoms in total. The molecule has 4 heteroatoms. The zero-order valence-electron chi connectivity index (χ0n) is 10.8. The molecule has 18 heavy (non-hydrogen) atoms. The van der Waals surface area contributed by atoms with E-state index in [0.717, 1.165) is 19.5 Å². The van der Waals surface area contributed by atoms with Crippen LogP contribution in [0.15, 0.2) is 24.3 Å². The third-order valence-corrected chi connectivity index (χ3v) is 2.58. The van der Waals surface area contributed by atoms with Crippen LogP contribution in [0.25, 0.3) is 0 Å². The van der Waals surface area contributed by atoms with Gasteiger partial charge in [0.05, 0.1) is 6.61 Å². The van der Waals surface area contributed by atoms with E-state index in [2.05, 4.69) is 12.2 Å². The average molecular weight is 251 g/mol. The first-order chi connectivity index (χ1) is 8.75. The summed E-state index contributed by atoms with van der Waals surface area (Å²) in [4.78, 5) is 10.9. The molecular formula is C14H21NO3. The zero-order valence-corrected chi connectivity index (χ0v) is 10.8. The van der Waals surface area contributed by atoms with Gasteiger partial charge in [0.25, 0.3) is 0 Å². The molecule has 0 bridgehead atoms. The van der Waals surface area contributed by atoms with E-state index in [4.69, 9.17) is 9.84 Å². The van der Waals surface area contributed by atoms with Crippen molar-refractivity contribution < 1.29 is 14.6 Å². The van der Waals surface area contributed by atoms with Crippen molar-refractivity contribution in [2.45, 2.75) is 26.2 Å². The summed E-state index contributed by atoms with van der Waals surface area (Å²) in [7, 11) is 0. The summed E-state index contributed by atoms with van der Waals surface area (Å²) in [6, 6.07) is 6.72. The van der Waals surface area contributed by atoms with Gasteiger partial charge in [-0.05, 0) is 38.1 Å². The second-order valence-corrected chi connectivity index (χ2v) is 4.11. The molecule has 0 saturated heterocycles. The maximum Gasteiger partial charge on any atom is 0.339 e. The number of carbonyl (C=O) groups is 1. The number of para-hydroxylation sites is 1. The topological polar surface area (TPSA) is 58.6 Å². The maximum absolute atomic E-state index is 10.9. The number of rotatable bonds is 9. The van der Waals surface area contributed by atoms with Gasteiger partial charge < -0.3 is 15.2 Å². The number of carboxylic acid groups (broad SMARTS) is 1. The monoisotopic (exact) mass is 251 g/mol. The lowest BCUT2D eigenvalue weighted by Crippen LogP contribution is -2.18. The quantitative estimate of drug-likeness (QED) is 0.662.